The van der Waals surface area contributed by atoms with Crippen LogP contribution in [0.4, 0.5) is 0 Å². The van der Waals surface area contributed by atoms with Crippen molar-refractivity contribution in [3.05, 3.63) is 29.8 Å². The second-order valence-corrected chi connectivity index (χ2v) is 7.76. The van der Waals surface area contributed by atoms with Crippen molar-refractivity contribution in [2.45, 2.75) is 31.2 Å². The van der Waals surface area contributed by atoms with Crippen LogP contribution in [0.25, 0.3) is 0 Å². The van der Waals surface area contributed by atoms with Gasteiger partial charge in [-0.1, -0.05) is 19.1 Å². The number of nitrogens with one attached hydrogen (secondary N) is 1. The van der Waals surface area contributed by atoms with Crippen LogP contribution in [0.2, 0.25) is 0 Å². The van der Waals surface area contributed by atoms with Crippen molar-refractivity contribution in [3.8, 4) is 0 Å². The number of benzene rings is 1. The average Bonchev–Trinajstić information content (AvgIpc) is 2.45. The van der Waals surface area contributed by atoms with Gasteiger partial charge in [-0.15, -0.1) is 0 Å². The molecule has 0 amide bonds. The number of hydrogen-bond donors (Lipinski definition) is 2. The fraction of sp³-hybridized carbons (Fsp3) is 0.600. The minimum absolute atomic E-state index is 0.141. The topological polar surface area (TPSA) is 69.6 Å². The van der Waals surface area contributed by atoms with Crippen LogP contribution in [-0.2, 0) is 10.0 Å². The predicted molar refractivity (Wildman–Crippen MR) is 84.6 cm³/mol. The molecule has 0 aliphatic heterocycles. The Morgan fingerprint density at radius 3 is 2.24 bits per heavy atom. The summed E-state index contributed by atoms with van der Waals surface area (Å²) in [5.41, 5.74) is 1.05. The minimum atomic E-state index is -3.37. The quantitative estimate of drug-likeness (QED) is 0.765. The largest absolute Gasteiger partial charge is 0.396 e. The van der Waals surface area contributed by atoms with E-state index in [9.17, 15) is 8.42 Å². The lowest BCUT2D eigenvalue weighted by atomic mass is 10.1. The summed E-state index contributed by atoms with van der Waals surface area (Å²) in [4.78, 5) is 0.303. The maximum atomic E-state index is 12.0. The Morgan fingerprint density at radius 1 is 1.19 bits per heavy atom. The summed E-state index contributed by atoms with van der Waals surface area (Å²) in [7, 11) is -0.320. The molecule has 0 saturated carbocycles. The second kappa shape index (κ2) is 7.89. The Morgan fingerprint density at radius 2 is 1.76 bits per heavy atom. The molecule has 1 aromatic rings. The van der Waals surface area contributed by atoms with Gasteiger partial charge in [-0.3, -0.25) is 0 Å². The van der Waals surface area contributed by atoms with Gasteiger partial charge in [-0.25, -0.2) is 12.7 Å². The van der Waals surface area contributed by atoms with E-state index in [4.69, 9.17) is 5.11 Å². The summed E-state index contributed by atoms with van der Waals surface area (Å²) < 4.78 is 25.2. The van der Waals surface area contributed by atoms with Crippen LogP contribution in [0.3, 0.4) is 0 Å². The SMILES string of the molecule is CC(CCO)CNC(C)c1ccc(S(=O)(=O)N(C)C)cc1. The number of hydrogen-bond acceptors (Lipinski definition) is 4. The van der Waals surface area contributed by atoms with Crippen molar-refractivity contribution in [1.29, 1.82) is 0 Å². The van der Waals surface area contributed by atoms with E-state index in [1.54, 1.807) is 12.1 Å². The summed E-state index contributed by atoms with van der Waals surface area (Å²) in [5.74, 6) is 0.408. The average molecular weight is 314 g/mol. The first-order valence-electron chi connectivity index (χ1n) is 7.15. The number of rotatable bonds is 8. The smallest absolute Gasteiger partial charge is 0.242 e. The fourth-order valence-corrected chi connectivity index (χ4v) is 2.86. The van der Waals surface area contributed by atoms with E-state index >= 15 is 0 Å². The van der Waals surface area contributed by atoms with E-state index in [0.717, 1.165) is 18.5 Å². The molecule has 120 valence electrons. The van der Waals surface area contributed by atoms with E-state index in [1.807, 2.05) is 19.1 Å². The molecule has 2 unspecified atom stereocenters. The molecule has 0 bridgehead atoms. The Labute approximate surface area is 128 Å². The molecule has 0 saturated heterocycles. The van der Waals surface area contributed by atoms with Crippen LogP contribution in [0.15, 0.2) is 29.2 Å². The molecular weight excluding hydrogens is 288 g/mol. The van der Waals surface area contributed by atoms with Crippen LogP contribution in [-0.4, -0.2) is 45.1 Å². The molecule has 2 atom stereocenters. The molecular formula is C15H26N2O3S. The van der Waals surface area contributed by atoms with Crippen molar-refractivity contribution in [3.63, 3.8) is 0 Å². The third-order valence-corrected chi connectivity index (χ3v) is 5.38. The van der Waals surface area contributed by atoms with Crippen molar-refractivity contribution in [2.75, 3.05) is 27.2 Å². The lowest BCUT2D eigenvalue weighted by Gasteiger charge is -2.18. The highest BCUT2D eigenvalue weighted by molar-refractivity contribution is 7.89. The predicted octanol–water partition coefficient (Wildman–Crippen LogP) is 1.61. The number of nitrogens with zero attached hydrogens (tertiary/aromatic N) is 1. The summed E-state index contributed by atoms with van der Waals surface area (Å²) >= 11 is 0. The van der Waals surface area contributed by atoms with Gasteiger partial charge in [0.05, 0.1) is 4.90 Å². The maximum Gasteiger partial charge on any atom is 0.242 e. The summed E-state index contributed by atoms with van der Waals surface area (Å²) in [6.07, 6.45) is 0.778. The lowest BCUT2D eigenvalue weighted by Crippen LogP contribution is -2.25. The molecule has 0 fully saturated rings. The zero-order valence-corrected chi connectivity index (χ0v) is 14.0. The molecule has 1 rings (SSSR count). The lowest BCUT2D eigenvalue weighted by molar-refractivity contribution is 0.258. The van der Waals surface area contributed by atoms with Crippen molar-refractivity contribution < 1.29 is 13.5 Å². The highest BCUT2D eigenvalue weighted by Crippen LogP contribution is 2.18. The third kappa shape index (κ3) is 5.07. The number of aliphatic hydroxyl groups is 1. The minimum Gasteiger partial charge on any atom is -0.396 e. The third-order valence-electron chi connectivity index (χ3n) is 3.55. The summed E-state index contributed by atoms with van der Waals surface area (Å²) in [6.45, 7) is 5.15. The van der Waals surface area contributed by atoms with Gasteiger partial charge in [-0.2, -0.15) is 0 Å². The molecule has 0 aliphatic rings. The first kappa shape index (κ1) is 18.1. The van der Waals surface area contributed by atoms with E-state index < -0.39 is 10.0 Å². The Hall–Kier alpha value is -0.950. The molecule has 2 N–H and O–H groups in total. The van der Waals surface area contributed by atoms with E-state index in [1.165, 1.54) is 18.4 Å². The van der Waals surface area contributed by atoms with Gasteiger partial charge in [0.15, 0.2) is 0 Å². The van der Waals surface area contributed by atoms with Crippen molar-refractivity contribution in [2.24, 2.45) is 5.92 Å². The van der Waals surface area contributed by atoms with E-state index in [-0.39, 0.29) is 12.6 Å². The molecule has 0 spiro atoms. The zero-order chi connectivity index (χ0) is 16.0. The van der Waals surface area contributed by atoms with Gasteiger partial charge in [0.25, 0.3) is 0 Å². The molecule has 0 aromatic heterocycles. The Bertz CT molecular complexity index is 526. The van der Waals surface area contributed by atoms with Gasteiger partial charge in [0, 0.05) is 26.7 Å². The van der Waals surface area contributed by atoms with Crippen LogP contribution >= 0.6 is 0 Å². The van der Waals surface area contributed by atoms with Crippen LogP contribution in [0.1, 0.15) is 31.9 Å². The van der Waals surface area contributed by atoms with Crippen LogP contribution in [0, 0.1) is 5.92 Å². The van der Waals surface area contributed by atoms with Crippen molar-refractivity contribution >= 4 is 10.0 Å². The zero-order valence-electron chi connectivity index (χ0n) is 13.2. The van der Waals surface area contributed by atoms with Gasteiger partial charge < -0.3 is 10.4 Å². The Balaban J connectivity index is 2.70. The molecule has 1 aromatic carbocycles. The number of sulfonamides is 1. The molecule has 6 heteroatoms. The molecule has 5 nitrogen and oxygen atoms in total. The molecule has 21 heavy (non-hydrogen) atoms. The van der Waals surface area contributed by atoms with Crippen LogP contribution < -0.4 is 5.32 Å². The monoisotopic (exact) mass is 314 g/mol. The summed E-state index contributed by atoms with van der Waals surface area (Å²) in [5, 5.41) is 12.3. The highest BCUT2D eigenvalue weighted by atomic mass is 32.2. The molecule has 0 aliphatic carbocycles. The van der Waals surface area contributed by atoms with E-state index in [0.29, 0.717) is 10.8 Å². The fourth-order valence-electron chi connectivity index (χ4n) is 1.96. The van der Waals surface area contributed by atoms with Gasteiger partial charge in [0.1, 0.15) is 0 Å². The normalized spacial score (nSPS) is 15.1. The highest BCUT2D eigenvalue weighted by Gasteiger charge is 2.17. The second-order valence-electron chi connectivity index (χ2n) is 5.60. The first-order chi connectivity index (χ1) is 9.78. The van der Waals surface area contributed by atoms with Gasteiger partial charge >= 0.3 is 0 Å². The van der Waals surface area contributed by atoms with Crippen LogP contribution in [0.5, 0.6) is 0 Å². The first-order valence-corrected chi connectivity index (χ1v) is 8.59. The van der Waals surface area contributed by atoms with Gasteiger partial charge in [-0.05, 0) is 43.5 Å². The standard InChI is InChI=1S/C15H26N2O3S/c1-12(9-10-18)11-16-13(2)14-5-7-15(8-6-14)21(19,20)17(3)4/h5-8,12-13,16,18H,9-11H2,1-4H3. The summed E-state index contributed by atoms with van der Waals surface area (Å²) in [6, 6.07) is 7.09. The van der Waals surface area contributed by atoms with E-state index in [2.05, 4.69) is 12.2 Å². The maximum absolute atomic E-state index is 12.0. The Kier molecular flexibility index (Phi) is 6.80. The van der Waals surface area contributed by atoms with Gasteiger partial charge in [0.2, 0.25) is 10.0 Å². The number of aliphatic hydroxyl groups excluding tert-OH is 1. The molecule has 0 radical (unpaired) electrons. The molecule has 0 heterocycles. The van der Waals surface area contributed by atoms with Crippen molar-refractivity contribution in [1.82, 2.24) is 9.62 Å².